The van der Waals surface area contributed by atoms with Crippen LogP contribution in [0.1, 0.15) is 5.56 Å². The second-order valence-corrected chi connectivity index (χ2v) is 5.11. The first-order valence-electron chi connectivity index (χ1n) is 6.03. The van der Waals surface area contributed by atoms with E-state index in [4.69, 9.17) is 13.7 Å². The van der Waals surface area contributed by atoms with Crippen LogP contribution in [0.5, 0.6) is 23.0 Å². The van der Waals surface area contributed by atoms with E-state index >= 15 is 0 Å². The molecule has 0 fully saturated rings. The Kier molecular flexibility index (Phi) is 3.58. The lowest BCUT2D eigenvalue weighted by molar-refractivity contribution is 0.412. The maximum atomic E-state index is 11.3. The number of hydrogen-bond donors (Lipinski definition) is 1. The van der Waals surface area contributed by atoms with Crippen molar-refractivity contribution in [3.05, 3.63) is 48.0 Å². The summed E-state index contributed by atoms with van der Waals surface area (Å²) in [5, 5.41) is 0. The third-order valence-electron chi connectivity index (χ3n) is 2.88. The third-order valence-corrected chi connectivity index (χ3v) is 3.59. The van der Waals surface area contributed by atoms with Crippen molar-refractivity contribution in [1.82, 2.24) is 4.72 Å². The van der Waals surface area contributed by atoms with Gasteiger partial charge in [-0.3, -0.25) is 0 Å². The molecule has 2 aromatic rings. The molecule has 0 spiro atoms. The summed E-state index contributed by atoms with van der Waals surface area (Å²) in [7, 11) is 1.62. The molecule has 0 saturated carbocycles. The Bertz CT molecular complexity index is 642. The molecule has 0 radical (unpaired) electrons. The molecule has 20 heavy (non-hydrogen) atoms. The number of nitrogens with one attached hydrogen (secondary N) is 1. The number of benzene rings is 2. The number of ether oxygens (including phenoxy) is 2. The second-order valence-electron chi connectivity index (χ2n) is 4.19. The zero-order valence-electron chi connectivity index (χ0n) is 10.8. The highest BCUT2D eigenvalue weighted by atomic mass is 32.2. The molecule has 5 nitrogen and oxygen atoms in total. The van der Waals surface area contributed by atoms with Crippen molar-refractivity contribution < 1.29 is 17.9 Å². The van der Waals surface area contributed by atoms with Gasteiger partial charge in [0, 0.05) is 18.2 Å². The average molecular weight is 291 g/mol. The predicted molar refractivity (Wildman–Crippen MR) is 75.1 cm³/mol. The molecule has 1 N–H and O–H groups in total. The van der Waals surface area contributed by atoms with Crippen molar-refractivity contribution >= 4 is 11.3 Å². The molecule has 1 heterocycles. The molecule has 104 valence electrons. The number of methoxy groups -OCH3 is 1. The largest absolute Gasteiger partial charge is 0.497 e. The Morgan fingerprint density at radius 3 is 2.55 bits per heavy atom. The van der Waals surface area contributed by atoms with E-state index in [-0.39, 0.29) is 0 Å². The van der Waals surface area contributed by atoms with E-state index < -0.39 is 11.3 Å². The fraction of sp³-hybridized carbons (Fsp3) is 0.143. The first-order chi connectivity index (χ1) is 9.74. The quantitative estimate of drug-likeness (QED) is 0.944. The standard InChI is InChI=1S/C14H13NO4S/c1-17-11-4-6-12(7-5-11)18-13-3-2-10-9-15-20(16)19-14(10)8-13/h2-8,15H,9H2,1H3. The summed E-state index contributed by atoms with van der Waals surface area (Å²) < 4.78 is 30.0. The molecule has 3 rings (SSSR count). The molecule has 0 aromatic heterocycles. The highest BCUT2D eigenvalue weighted by Gasteiger charge is 2.16. The summed E-state index contributed by atoms with van der Waals surface area (Å²) in [5.74, 6) is 2.68. The van der Waals surface area contributed by atoms with Gasteiger partial charge >= 0.3 is 0 Å². The van der Waals surface area contributed by atoms with Gasteiger partial charge in [-0.2, -0.15) is 8.93 Å². The second kappa shape index (κ2) is 5.52. The Hall–Kier alpha value is -2.05. The monoisotopic (exact) mass is 291 g/mol. The van der Waals surface area contributed by atoms with Crippen molar-refractivity contribution in [2.24, 2.45) is 0 Å². The third kappa shape index (κ3) is 2.76. The molecule has 0 aliphatic carbocycles. The van der Waals surface area contributed by atoms with Crippen molar-refractivity contribution in [3.63, 3.8) is 0 Å². The molecule has 0 amide bonds. The molecule has 1 aliphatic heterocycles. The van der Waals surface area contributed by atoms with E-state index in [1.807, 2.05) is 36.4 Å². The maximum absolute atomic E-state index is 11.3. The zero-order valence-corrected chi connectivity index (χ0v) is 11.6. The van der Waals surface area contributed by atoms with Gasteiger partial charge in [0.25, 0.3) is 11.3 Å². The van der Waals surface area contributed by atoms with Crippen LogP contribution < -0.4 is 18.4 Å². The normalized spacial score (nSPS) is 16.9. The van der Waals surface area contributed by atoms with Gasteiger partial charge in [0.15, 0.2) is 0 Å². The first kappa shape index (κ1) is 13.0. The van der Waals surface area contributed by atoms with Gasteiger partial charge in [0.05, 0.1) is 7.11 Å². The molecule has 1 aliphatic rings. The first-order valence-corrected chi connectivity index (χ1v) is 7.10. The van der Waals surface area contributed by atoms with E-state index in [1.165, 1.54) is 0 Å². The van der Waals surface area contributed by atoms with Gasteiger partial charge in [-0.25, -0.2) is 0 Å². The van der Waals surface area contributed by atoms with Gasteiger partial charge in [0.1, 0.15) is 23.0 Å². The highest BCUT2D eigenvalue weighted by Crippen LogP contribution is 2.31. The van der Waals surface area contributed by atoms with E-state index in [0.29, 0.717) is 23.8 Å². The molecule has 6 heteroatoms. The lowest BCUT2D eigenvalue weighted by atomic mass is 10.2. The van der Waals surface area contributed by atoms with E-state index in [0.717, 1.165) is 11.3 Å². The molecule has 0 saturated heterocycles. The van der Waals surface area contributed by atoms with Crippen molar-refractivity contribution in [2.45, 2.75) is 6.54 Å². The average Bonchev–Trinajstić information content (AvgIpc) is 2.47. The van der Waals surface area contributed by atoms with Crippen LogP contribution in [-0.4, -0.2) is 11.3 Å². The summed E-state index contributed by atoms with van der Waals surface area (Å²) in [4.78, 5) is 0. The highest BCUT2D eigenvalue weighted by molar-refractivity contribution is 7.78. The minimum absolute atomic E-state index is 0.519. The zero-order chi connectivity index (χ0) is 13.9. The summed E-state index contributed by atoms with van der Waals surface area (Å²) in [6.07, 6.45) is 0. The van der Waals surface area contributed by atoms with Crippen LogP contribution in [0, 0.1) is 0 Å². The molecule has 0 bridgehead atoms. The summed E-state index contributed by atoms with van der Waals surface area (Å²) in [5.41, 5.74) is 0.951. The Labute approximate surface area is 119 Å². The number of fused-ring (bicyclic) bond motifs is 1. The van der Waals surface area contributed by atoms with Crippen molar-refractivity contribution in [2.75, 3.05) is 7.11 Å². The van der Waals surface area contributed by atoms with E-state index in [1.54, 1.807) is 13.2 Å². The Morgan fingerprint density at radius 1 is 1.10 bits per heavy atom. The van der Waals surface area contributed by atoms with Gasteiger partial charge in [-0.1, -0.05) is 6.07 Å². The maximum Gasteiger partial charge on any atom is 0.288 e. The Balaban J connectivity index is 1.80. The van der Waals surface area contributed by atoms with Gasteiger partial charge in [0.2, 0.25) is 0 Å². The summed E-state index contributed by atoms with van der Waals surface area (Å²) in [6, 6.07) is 12.8. The minimum atomic E-state index is -1.48. The van der Waals surface area contributed by atoms with E-state index in [9.17, 15) is 4.21 Å². The predicted octanol–water partition coefficient (Wildman–Crippen LogP) is 2.55. The number of rotatable bonds is 3. The van der Waals surface area contributed by atoms with E-state index in [2.05, 4.69) is 4.72 Å². The molecule has 1 atom stereocenters. The number of hydrogen-bond acceptors (Lipinski definition) is 4. The molecule has 1 unspecified atom stereocenters. The van der Waals surface area contributed by atoms with Crippen LogP contribution in [0.2, 0.25) is 0 Å². The van der Waals surface area contributed by atoms with Crippen molar-refractivity contribution in [3.8, 4) is 23.0 Å². The van der Waals surface area contributed by atoms with Crippen molar-refractivity contribution in [1.29, 1.82) is 0 Å². The lowest BCUT2D eigenvalue weighted by Crippen LogP contribution is -2.26. The smallest absolute Gasteiger partial charge is 0.288 e. The SMILES string of the molecule is COc1ccc(Oc2ccc3c(c2)OS(=O)NC3)cc1. The molecular formula is C14H13NO4S. The van der Waals surface area contributed by atoms with Crippen LogP contribution in [-0.2, 0) is 17.8 Å². The van der Waals surface area contributed by atoms with Gasteiger partial charge in [-0.05, 0) is 30.3 Å². The van der Waals surface area contributed by atoms with Crippen LogP contribution in [0.15, 0.2) is 42.5 Å². The Morgan fingerprint density at radius 2 is 1.80 bits per heavy atom. The lowest BCUT2D eigenvalue weighted by Gasteiger charge is -2.17. The van der Waals surface area contributed by atoms with Crippen LogP contribution in [0.4, 0.5) is 0 Å². The minimum Gasteiger partial charge on any atom is -0.497 e. The van der Waals surface area contributed by atoms with Crippen LogP contribution in [0.25, 0.3) is 0 Å². The fourth-order valence-corrected chi connectivity index (χ4v) is 2.50. The summed E-state index contributed by atoms with van der Waals surface area (Å²) >= 11 is -1.48. The molecular weight excluding hydrogens is 278 g/mol. The van der Waals surface area contributed by atoms with Gasteiger partial charge in [-0.15, -0.1) is 0 Å². The van der Waals surface area contributed by atoms with Crippen LogP contribution in [0.3, 0.4) is 0 Å². The topological polar surface area (TPSA) is 56.8 Å². The van der Waals surface area contributed by atoms with Gasteiger partial charge < -0.3 is 13.7 Å². The summed E-state index contributed by atoms with van der Waals surface area (Å²) in [6.45, 7) is 0.519. The molecule has 2 aromatic carbocycles. The fourth-order valence-electron chi connectivity index (χ4n) is 1.85. The van der Waals surface area contributed by atoms with Crippen LogP contribution >= 0.6 is 0 Å².